The molecule has 0 aliphatic heterocycles. The molecule has 0 radical (unpaired) electrons. The Hall–Kier alpha value is -1.95. The van der Waals surface area contributed by atoms with Crippen molar-refractivity contribution in [2.45, 2.75) is 0 Å². The van der Waals surface area contributed by atoms with E-state index in [0.29, 0.717) is 5.56 Å². The number of terminal acetylenes is 1. The molecule has 1 aromatic rings. The highest BCUT2D eigenvalue weighted by Crippen LogP contribution is 2.14. The number of benzene rings is 1. The summed E-state index contributed by atoms with van der Waals surface area (Å²) < 4.78 is 0. The Labute approximate surface area is 69.3 Å². The van der Waals surface area contributed by atoms with Crippen molar-refractivity contribution in [1.29, 1.82) is 0 Å². The van der Waals surface area contributed by atoms with Gasteiger partial charge in [-0.3, -0.25) is 0 Å². The maximum atomic E-state index is 10.4. The minimum absolute atomic E-state index is 0.0112. The van der Waals surface area contributed by atoms with Crippen LogP contribution in [0.15, 0.2) is 18.2 Å². The standard InChI is InChI=1S/C9H6O3/c1-2-6-3-7(9(11)12)5-8(10)4-6/h1,3-5,10H,(H,11,12). The molecule has 12 heavy (non-hydrogen) atoms. The van der Waals surface area contributed by atoms with E-state index < -0.39 is 5.97 Å². The molecular weight excluding hydrogens is 156 g/mol. The number of rotatable bonds is 1. The lowest BCUT2D eigenvalue weighted by Gasteiger charge is -1.97. The summed E-state index contributed by atoms with van der Waals surface area (Å²) in [5, 5.41) is 17.6. The van der Waals surface area contributed by atoms with E-state index in [9.17, 15) is 4.79 Å². The number of aromatic hydroxyl groups is 1. The summed E-state index contributed by atoms with van der Waals surface area (Å²) in [7, 11) is 0. The molecular formula is C9H6O3. The summed E-state index contributed by atoms with van der Waals surface area (Å²) in [6.45, 7) is 0. The highest BCUT2D eigenvalue weighted by molar-refractivity contribution is 5.88. The van der Waals surface area contributed by atoms with Crippen molar-refractivity contribution in [2.24, 2.45) is 0 Å². The Morgan fingerprint density at radius 1 is 1.42 bits per heavy atom. The second kappa shape index (κ2) is 2.97. The number of phenolic OH excluding ortho intramolecular Hbond substituents is 1. The van der Waals surface area contributed by atoms with Crippen molar-refractivity contribution in [3.8, 4) is 18.1 Å². The summed E-state index contributed by atoms with van der Waals surface area (Å²) in [6.07, 6.45) is 5.03. The van der Waals surface area contributed by atoms with E-state index in [0.717, 1.165) is 6.07 Å². The van der Waals surface area contributed by atoms with E-state index in [-0.39, 0.29) is 11.3 Å². The van der Waals surface area contributed by atoms with Gasteiger partial charge in [0, 0.05) is 5.56 Å². The van der Waals surface area contributed by atoms with Gasteiger partial charge >= 0.3 is 5.97 Å². The third kappa shape index (κ3) is 1.55. The molecule has 0 atom stereocenters. The molecule has 0 bridgehead atoms. The van der Waals surface area contributed by atoms with Crippen molar-refractivity contribution in [3.63, 3.8) is 0 Å². The molecule has 0 aromatic heterocycles. The molecule has 0 saturated heterocycles. The van der Waals surface area contributed by atoms with Crippen LogP contribution < -0.4 is 0 Å². The lowest BCUT2D eigenvalue weighted by atomic mass is 10.1. The van der Waals surface area contributed by atoms with Crippen molar-refractivity contribution >= 4 is 5.97 Å². The highest BCUT2D eigenvalue weighted by atomic mass is 16.4. The molecule has 3 heteroatoms. The van der Waals surface area contributed by atoms with Gasteiger partial charge in [-0.2, -0.15) is 0 Å². The van der Waals surface area contributed by atoms with Gasteiger partial charge in [0.1, 0.15) is 5.75 Å². The molecule has 0 fully saturated rings. The Kier molecular flexibility index (Phi) is 2.02. The van der Waals surface area contributed by atoms with E-state index >= 15 is 0 Å². The maximum Gasteiger partial charge on any atom is 0.335 e. The van der Waals surface area contributed by atoms with Crippen LogP contribution in [-0.4, -0.2) is 16.2 Å². The van der Waals surface area contributed by atoms with Crippen molar-refractivity contribution in [3.05, 3.63) is 29.3 Å². The molecule has 0 spiro atoms. The zero-order valence-electron chi connectivity index (χ0n) is 6.11. The Morgan fingerprint density at radius 2 is 2.08 bits per heavy atom. The first-order valence-corrected chi connectivity index (χ1v) is 3.17. The van der Waals surface area contributed by atoms with Crippen LogP contribution in [0.5, 0.6) is 5.75 Å². The molecule has 2 N–H and O–H groups in total. The predicted molar refractivity (Wildman–Crippen MR) is 43.0 cm³/mol. The van der Waals surface area contributed by atoms with Gasteiger partial charge in [-0.1, -0.05) is 5.92 Å². The lowest BCUT2D eigenvalue weighted by Crippen LogP contribution is -1.96. The second-order valence-electron chi connectivity index (χ2n) is 2.22. The van der Waals surface area contributed by atoms with E-state index in [2.05, 4.69) is 5.92 Å². The van der Waals surface area contributed by atoms with Gasteiger partial charge in [0.2, 0.25) is 0 Å². The van der Waals surface area contributed by atoms with Crippen LogP contribution in [0.1, 0.15) is 15.9 Å². The second-order valence-corrected chi connectivity index (χ2v) is 2.22. The van der Waals surface area contributed by atoms with E-state index in [1.807, 2.05) is 0 Å². The first-order chi connectivity index (χ1) is 5.63. The van der Waals surface area contributed by atoms with Crippen LogP contribution in [0.4, 0.5) is 0 Å². The number of aromatic carboxylic acids is 1. The predicted octanol–water partition coefficient (Wildman–Crippen LogP) is 1.07. The Balaban J connectivity index is 3.26. The van der Waals surface area contributed by atoms with Gasteiger partial charge in [-0.15, -0.1) is 6.42 Å². The molecule has 60 valence electrons. The van der Waals surface area contributed by atoms with E-state index in [1.165, 1.54) is 12.1 Å². The largest absolute Gasteiger partial charge is 0.508 e. The molecule has 0 aliphatic rings. The lowest BCUT2D eigenvalue weighted by molar-refractivity contribution is 0.0696. The van der Waals surface area contributed by atoms with Crippen LogP contribution >= 0.6 is 0 Å². The minimum atomic E-state index is -1.11. The molecule has 0 amide bonds. The van der Waals surface area contributed by atoms with Crippen LogP contribution in [0.2, 0.25) is 0 Å². The zero-order chi connectivity index (χ0) is 9.14. The monoisotopic (exact) mass is 162 g/mol. The SMILES string of the molecule is C#Cc1cc(O)cc(C(=O)O)c1. The normalized spacial score (nSPS) is 8.92. The highest BCUT2D eigenvalue weighted by Gasteiger charge is 2.04. The number of carbonyl (C=O) groups is 1. The average Bonchev–Trinajstić information content (AvgIpc) is 2.03. The fraction of sp³-hybridized carbons (Fsp3) is 0. The minimum Gasteiger partial charge on any atom is -0.508 e. The summed E-state index contributed by atoms with van der Waals surface area (Å²) in [5.74, 6) is 0.995. The van der Waals surface area contributed by atoms with Gasteiger partial charge in [-0.05, 0) is 18.2 Å². The molecule has 1 rings (SSSR count). The Bertz CT molecular complexity index is 361. The molecule has 0 aliphatic carbocycles. The van der Waals surface area contributed by atoms with Gasteiger partial charge in [0.25, 0.3) is 0 Å². The number of carboxylic acids is 1. The molecule has 3 nitrogen and oxygen atoms in total. The van der Waals surface area contributed by atoms with E-state index in [1.54, 1.807) is 0 Å². The summed E-state index contributed by atoms with van der Waals surface area (Å²) in [4.78, 5) is 10.4. The van der Waals surface area contributed by atoms with Crippen LogP contribution in [0.3, 0.4) is 0 Å². The number of hydrogen-bond acceptors (Lipinski definition) is 2. The average molecular weight is 162 g/mol. The number of carboxylic acid groups (broad SMARTS) is 1. The first-order valence-electron chi connectivity index (χ1n) is 3.17. The summed E-state index contributed by atoms with van der Waals surface area (Å²) in [5.41, 5.74) is 0.343. The van der Waals surface area contributed by atoms with Gasteiger partial charge in [-0.25, -0.2) is 4.79 Å². The topological polar surface area (TPSA) is 57.5 Å². The molecule has 0 heterocycles. The third-order valence-corrected chi connectivity index (χ3v) is 1.33. The van der Waals surface area contributed by atoms with Crippen molar-refractivity contribution < 1.29 is 15.0 Å². The summed E-state index contributed by atoms with van der Waals surface area (Å²) in [6, 6.07) is 3.79. The van der Waals surface area contributed by atoms with Crippen LogP contribution in [0.25, 0.3) is 0 Å². The first kappa shape index (κ1) is 8.15. The van der Waals surface area contributed by atoms with Crippen LogP contribution in [0, 0.1) is 12.3 Å². The summed E-state index contributed by atoms with van der Waals surface area (Å²) >= 11 is 0. The molecule has 1 aromatic carbocycles. The van der Waals surface area contributed by atoms with Gasteiger partial charge < -0.3 is 10.2 Å². The smallest absolute Gasteiger partial charge is 0.335 e. The number of hydrogen-bond donors (Lipinski definition) is 2. The fourth-order valence-electron chi connectivity index (χ4n) is 0.818. The van der Waals surface area contributed by atoms with Gasteiger partial charge in [0.05, 0.1) is 5.56 Å². The molecule has 0 unspecified atom stereocenters. The fourth-order valence-corrected chi connectivity index (χ4v) is 0.818. The third-order valence-electron chi connectivity index (χ3n) is 1.33. The zero-order valence-corrected chi connectivity index (χ0v) is 6.11. The number of phenols is 1. The Morgan fingerprint density at radius 3 is 2.58 bits per heavy atom. The molecule has 0 saturated carbocycles. The quantitative estimate of drug-likeness (QED) is 0.607. The van der Waals surface area contributed by atoms with Crippen molar-refractivity contribution in [1.82, 2.24) is 0 Å². The van der Waals surface area contributed by atoms with Crippen molar-refractivity contribution in [2.75, 3.05) is 0 Å². The van der Waals surface area contributed by atoms with E-state index in [4.69, 9.17) is 16.6 Å². The maximum absolute atomic E-state index is 10.4. The van der Waals surface area contributed by atoms with Crippen LogP contribution in [-0.2, 0) is 0 Å². The van der Waals surface area contributed by atoms with Gasteiger partial charge in [0.15, 0.2) is 0 Å².